The molecule has 2 atom stereocenters. The van der Waals surface area contributed by atoms with Gasteiger partial charge in [0.25, 0.3) is 10.0 Å². The summed E-state index contributed by atoms with van der Waals surface area (Å²) in [5.41, 5.74) is 6.17. The van der Waals surface area contributed by atoms with Crippen LogP contribution >= 0.6 is 0 Å². The fraction of sp³-hybridized carbons (Fsp3) is 0.500. The van der Waals surface area contributed by atoms with E-state index in [2.05, 4.69) is 28.9 Å². The Kier molecular flexibility index (Phi) is 5.61. The highest BCUT2D eigenvalue weighted by molar-refractivity contribution is 7.90. The highest BCUT2D eigenvalue weighted by Gasteiger charge is 2.31. The van der Waals surface area contributed by atoms with Gasteiger partial charge in [-0.1, -0.05) is 26.0 Å². The summed E-state index contributed by atoms with van der Waals surface area (Å²) in [5.74, 6) is 0.331. The maximum atomic E-state index is 12.3. The van der Waals surface area contributed by atoms with Crippen LogP contribution in [0.4, 0.5) is 0 Å². The van der Waals surface area contributed by atoms with Crippen molar-refractivity contribution in [3.05, 3.63) is 29.8 Å². The van der Waals surface area contributed by atoms with E-state index in [4.69, 9.17) is 5.73 Å². The molecule has 4 N–H and O–H groups in total. The van der Waals surface area contributed by atoms with Crippen LogP contribution in [0.3, 0.4) is 0 Å². The topological polar surface area (TPSA) is 114 Å². The highest BCUT2D eigenvalue weighted by Crippen LogP contribution is 2.22. The lowest BCUT2D eigenvalue weighted by atomic mass is 10.0. The number of nitrogens with one attached hydrogen (secondary N) is 2. The van der Waals surface area contributed by atoms with Gasteiger partial charge in [-0.15, -0.1) is 0 Å². The molecule has 8 heteroatoms. The Morgan fingerprint density at radius 2 is 1.96 bits per heavy atom. The summed E-state index contributed by atoms with van der Waals surface area (Å²) in [7, 11) is -3.60. The summed E-state index contributed by atoms with van der Waals surface area (Å²) in [4.78, 5) is 16.7. The normalized spacial score (nSPS) is 19.6. The fourth-order valence-electron chi connectivity index (χ4n) is 2.59. The van der Waals surface area contributed by atoms with E-state index in [1.54, 1.807) is 25.1 Å². The molecule has 1 amide bonds. The smallest absolute Gasteiger partial charge is 0.263 e. The van der Waals surface area contributed by atoms with Crippen molar-refractivity contribution in [3.8, 4) is 0 Å². The molecule has 1 aromatic rings. The first kappa shape index (κ1) is 18.4. The maximum absolute atomic E-state index is 12.3. The molecule has 1 aromatic carbocycles. The molecule has 1 aliphatic heterocycles. The average Bonchev–Trinajstić information content (AvgIpc) is 2.77. The predicted octanol–water partition coefficient (Wildman–Crippen LogP) is 0.603. The van der Waals surface area contributed by atoms with Crippen molar-refractivity contribution < 1.29 is 13.2 Å². The van der Waals surface area contributed by atoms with E-state index in [0.29, 0.717) is 18.0 Å². The van der Waals surface area contributed by atoms with Gasteiger partial charge in [-0.2, -0.15) is 0 Å². The van der Waals surface area contributed by atoms with Gasteiger partial charge in [0.05, 0.1) is 4.90 Å². The molecule has 0 saturated heterocycles. The number of sulfonamides is 1. The van der Waals surface area contributed by atoms with Crippen LogP contribution < -0.4 is 15.8 Å². The third-order valence-electron chi connectivity index (χ3n) is 3.75. The van der Waals surface area contributed by atoms with E-state index in [9.17, 15) is 13.2 Å². The number of carbonyl (C=O) groups excluding carboxylic acids is 1. The van der Waals surface area contributed by atoms with Gasteiger partial charge in [0.1, 0.15) is 11.9 Å². The predicted molar refractivity (Wildman–Crippen MR) is 93.2 cm³/mol. The first-order chi connectivity index (χ1) is 11.2. The molecule has 0 aliphatic carbocycles. The van der Waals surface area contributed by atoms with Crippen LogP contribution in [-0.2, 0) is 14.8 Å². The summed E-state index contributed by atoms with van der Waals surface area (Å²) in [5, 5.41) is 2.87. The van der Waals surface area contributed by atoms with Crippen molar-refractivity contribution in [2.45, 2.75) is 44.2 Å². The molecule has 0 radical (unpaired) electrons. The standard InChI is InChI=1S/C16H24N4O3S/c1-10(2)8-12(9-17)19-16(21)11(3)18-15-13-6-4-5-7-14(13)24(22,23)20-15/h4-7,10-12H,8-9,17H2,1-3H3,(H,18,20)(H,19,21). The first-order valence-electron chi connectivity index (χ1n) is 7.95. The van der Waals surface area contributed by atoms with Crippen LogP contribution in [0.5, 0.6) is 0 Å². The second-order valence-electron chi connectivity index (χ2n) is 6.33. The van der Waals surface area contributed by atoms with Gasteiger partial charge in [0.15, 0.2) is 0 Å². The lowest BCUT2D eigenvalue weighted by molar-refractivity contribution is -0.122. The molecule has 132 valence electrons. The van der Waals surface area contributed by atoms with E-state index in [0.717, 1.165) is 6.42 Å². The Morgan fingerprint density at radius 3 is 2.58 bits per heavy atom. The number of amidine groups is 1. The highest BCUT2D eigenvalue weighted by atomic mass is 32.2. The molecular weight excluding hydrogens is 328 g/mol. The van der Waals surface area contributed by atoms with Crippen LogP contribution in [0.25, 0.3) is 0 Å². The van der Waals surface area contributed by atoms with Crippen LogP contribution in [-0.4, -0.2) is 38.8 Å². The van der Waals surface area contributed by atoms with Crippen molar-refractivity contribution in [1.29, 1.82) is 0 Å². The van der Waals surface area contributed by atoms with Gasteiger partial charge < -0.3 is 11.1 Å². The molecule has 0 saturated carbocycles. The zero-order valence-corrected chi connectivity index (χ0v) is 14.9. The molecule has 0 spiro atoms. The van der Waals surface area contributed by atoms with E-state index in [1.165, 1.54) is 6.07 Å². The second-order valence-corrected chi connectivity index (χ2v) is 7.98. The van der Waals surface area contributed by atoms with Crippen LogP contribution in [0.2, 0.25) is 0 Å². The zero-order chi connectivity index (χ0) is 17.9. The molecule has 2 unspecified atom stereocenters. The Hall–Kier alpha value is -1.93. The lowest BCUT2D eigenvalue weighted by Crippen LogP contribution is -2.44. The van der Waals surface area contributed by atoms with Crippen LogP contribution in [0.1, 0.15) is 32.8 Å². The molecule has 1 heterocycles. The number of benzene rings is 1. The van der Waals surface area contributed by atoms with E-state index >= 15 is 0 Å². The Morgan fingerprint density at radius 1 is 1.29 bits per heavy atom. The van der Waals surface area contributed by atoms with Crippen LogP contribution in [0.15, 0.2) is 34.2 Å². The lowest BCUT2D eigenvalue weighted by Gasteiger charge is -2.20. The summed E-state index contributed by atoms with van der Waals surface area (Å²) in [6, 6.07) is 5.71. The number of hydrogen-bond donors (Lipinski definition) is 3. The fourth-order valence-corrected chi connectivity index (χ4v) is 3.83. The molecule has 1 aliphatic rings. The van der Waals surface area contributed by atoms with Gasteiger partial charge in [-0.3, -0.25) is 14.5 Å². The first-order valence-corrected chi connectivity index (χ1v) is 9.43. The number of aliphatic imine (C=N–C) groups is 1. The summed E-state index contributed by atoms with van der Waals surface area (Å²) in [6.07, 6.45) is 0.779. The molecule has 0 bridgehead atoms. The van der Waals surface area contributed by atoms with Gasteiger partial charge in [-0.05, 0) is 31.4 Å². The van der Waals surface area contributed by atoms with Crippen molar-refractivity contribution in [2.24, 2.45) is 16.6 Å². The maximum Gasteiger partial charge on any atom is 0.263 e. The third-order valence-corrected chi connectivity index (χ3v) is 5.15. The largest absolute Gasteiger partial charge is 0.350 e. The molecule has 7 nitrogen and oxygen atoms in total. The second kappa shape index (κ2) is 7.31. The molecule has 2 rings (SSSR count). The van der Waals surface area contributed by atoms with E-state index < -0.39 is 16.1 Å². The van der Waals surface area contributed by atoms with Crippen LogP contribution in [0, 0.1) is 5.92 Å². The number of nitrogens with zero attached hydrogens (tertiary/aromatic N) is 1. The number of amides is 1. The number of fused-ring (bicyclic) bond motifs is 1. The number of hydrogen-bond acceptors (Lipinski definition) is 5. The molecular formula is C16H24N4O3S. The summed E-state index contributed by atoms with van der Waals surface area (Å²) in [6.45, 7) is 6.09. The van der Waals surface area contributed by atoms with Crippen molar-refractivity contribution in [2.75, 3.05) is 6.54 Å². The number of nitrogens with two attached hydrogens (primary N) is 1. The Bertz CT molecular complexity index is 743. The quantitative estimate of drug-likeness (QED) is 0.696. The van der Waals surface area contributed by atoms with Gasteiger partial charge in [0.2, 0.25) is 5.91 Å². The Balaban J connectivity index is 2.15. The summed E-state index contributed by atoms with van der Waals surface area (Å²) < 4.78 is 26.5. The van der Waals surface area contributed by atoms with Crippen molar-refractivity contribution in [3.63, 3.8) is 0 Å². The van der Waals surface area contributed by atoms with Gasteiger partial charge >= 0.3 is 0 Å². The third kappa shape index (κ3) is 4.12. The van der Waals surface area contributed by atoms with E-state index in [1.807, 2.05) is 0 Å². The minimum absolute atomic E-state index is 0.118. The number of carbonyl (C=O) groups is 1. The van der Waals surface area contributed by atoms with E-state index in [-0.39, 0.29) is 22.7 Å². The SMILES string of the molecule is CC(C)CC(CN)NC(=O)C(C)N=C1NS(=O)(=O)c2ccccc21. The monoisotopic (exact) mass is 352 g/mol. The minimum Gasteiger partial charge on any atom is -0.350 e. The molecule has 0 aromatic heterocycles. The van der Waals surface area contributed by atoms with Crippen molar-refractivity contribution in [1.82, 2.24) is 10.0 Å². The minimum atomic E-state index is -3.60. The summed E-state index contributed by atoms with van der Waals surface area (Å²) >= 11 is 0. The van der Waals surface area contributed by atoms with Crippen molar-refractivity contribution >= 4 is 21.8 Å². The average molecular weight is 352 g/mol. The zero-order valence-electron chi connectivity index (χ0n) is 14.1. The van der Waals surface area contributed by atoms with Gasteiger partial charge in [-0.25, -0.2) is 8.42 Å². The number of rotatable bonds is 6. The Labute approximate surface area is 142 Å². The molecule has 0 fully saturated rings. The van der Waals surface area contributed by atoms with Gasteiger partial charge in [0, 0.05) is 18.2 Å². The molecule has 24 heavy (non-hydrogen) atoms.